The number of ether oxygens (including phenoxy) is 3. The second-order valence-corrected chi connectivity index (χ2v) is 11.2. The molecule has 2 heterocycles. The molecule has 4 rings (SSSR count). The Hall–Kier alpha value is -4.15. The van der Waals surface area contributed by atoms with Gasteiger partial charge in [-0.25, -0.2) is 14.0 Å². The molecular weight excluding hydrogens is 533 g/mol. The first-order chi connectivity index (χ1) is 19.4. The Morgan fingerprint density at radius 1 is 1.07 bits per heavy atom. The molecule has 0 spiro atoms. The minimum atomic E-state index is -1.10. The number of amides is 3. The van der Waals surface area contributed by atoms with Gasteiger partial charge in [0.2, 0.25) is 5.91 Å². The number of carbonyl (C=O) groups is 4. The topological polar surface area (TPSA) is 106 Å². The van der Waals surface area contributed by atoms with Crippen molar-refractivity contribution in [2.24, 2.45) is 0 Å². The van der Waals surface area contributed by atoms with E-state index >= 15 is 0 Å². The Morgan fingerprint density at radius 2 is 1.80 bits per heavy atom. The van der Waals surface area contributed by atoms with Gasteiger partial charge in [-0.1, -0.05) is 30.3 Å². The third-order valence-electron chi connectivity index (χ3n) is 6.97. The molecule has 2 aromatic rings. The molecule has 1 fully saturated rings. The van der Waals surface area contributed by atoms with Crippen molar-refractivity contribution in [3.05, 3.63) is 65.5 Å². The molecule has 0 saturated carbocycles. The second kappa shape index (κ2) is 12.6. The van der Waals surface area contributed by atoms with Gasteiger partial charge in [0.25, 0.3) is 5.91 Å². The van der Waals surface area contributed by atoms with Gasteiger partial charge in [-0.05, 0) is 51.0 Å². The smallest absolute Gasteiger partial charge is 0.410 e. The van der Waals surface area contributed by atoms with Gasteiger partial charge in [0.15, 0.2) is 0 Å². The molecule has 2 atom stereocenters. The molecule has 3 amide bonds. The lowest BCUT2D eigenvalue weighted by atomic mass is 10.0. The highest BCUT2D eigenvalue weighted by Gasteiger charge is 2.37. The number of likely N-dealkylation sites (N-methyl/N-ethyl adjacent to an activating group) is 1. The van der Waals surface area contributed by atoms with Crippen molar-refractivity contribution < 1.29 is 37.8 Å². The molecule has 0 radical (unpaired) electrons. The molecule has 2 aromatic carbocycles. The molecule has 0 N–H and O–H groups in total. The summed E-state index contributed by atoms with van der Waals surface area (Å²) in [6.45, 7) is 5.92. The number of benzene rings is 2. The van der Waals surface area contributed by atoms with Crippen LogP contribution in [0.15, 0.2) is 48.5 Å². The van der Waals surface area contributed by atoms with Gasteiger partial charge in [-0.2, -0.15) is 0 Å². The van der Waals surface area contributed by atoms with Crippen molar-refractivity contribution in [2.45, 2.75) is 57.9 Å². The lowest BCUT2D eigenvalue weighted by molar-refractivity contribution is -0.150. The van der Waals surface area contributed by atoms with Gasteiger partial charge in [-0.3, -0.25) is 9.59 Å². The highest BCUT2D eigenvalue weighted by Crippen LogP contribution is 2.26. The number of hydrogen-bond acceptors (Lipinski definition) is 7. The number of carbonyl (C=O) groups excluding carboxylic acids is 4. The van der Waals surface area contributed by atoms with Crippen molar-refractivity contribution >= 4 is 23.9 Å². The van der Waals surface area contributed by atoms with E-state index in [2.05, 4.69) is 0 Å². The average Bonchev–Trinajstić information content (AvgIpc) is 2.93. The number of rotatable bonds is 3. The summed E-state index contributed by atoms with van der Waals surface area (Å²) in [6.07, 6.45) is -0.558. The van der Waals surface area contributed by atoms with Crippen LogP contribution in [0.4, 0.5) is 9.18 Å². The van der Waals surface area contributed by atoms with Gasteiger partial charge in [-0.15, -0.1) is 0 Å². The van der Waals surface area contributed by atoms with E-state index in [1.54, 1.807) is 37.8 Å². The van der Waals surface area contributed by atoms with E-state index in [1.165, 1.54) is 29.0 Å². The van der Waals surface area contributed by atoms with Crippen molar-refractivity contribution in [2.75, 3.05) is 33.3 Å². The Bertz CT molecular complexity index is 1280. The molecular formula is C30H36FN3O7. The average molecular weight is 570 g/mol. The Kier molecular flexibility index (Phi) is 9.14. The van der Waals surface area contributed by atoms with E-state index in [4.69, 9.17) is 14.2 Å². The Labute approximate surface area is 238 Å². The van der Waals surface area contributed by atoms with E-state index in [0.29, 0.717) is 0 Å². The molecule has 220 valence electrons. The zero-order valence-electron chi connectivity index (χ0n) is 23.8. The maximum absolute atomic E-state index is 14.3. The predicted molar refractivity (Wildman–Crippen MR) is 147 cm³/mol. The summed E-state index contributed by atoms with van der Waals surface area (Å²) in [5.74, 6) is -2.12. The highest BCUT2D eigenvalue weighted by molar-refractivity contribution is 5.99. The summed E-state index contributed by atoms with van der Waals surface area (Å²) in [4.78, 5) is 57.3. The number of esters is 1. The van der Waals surface area contributed by atoms with Gasteiger partial charge >= 0.3 is 12.1 Å². The number of nitrogens with zero attached hydrogens (tertiary/aromatic N) is 3. The first kappa shape index (κ1) is 29.8. The lowest BCUT2D eigenvalue weighted by Crippen LogP contribution is -2.59. The van der Waals surface area contributed by atoms with E-state index in [-0.39, 0.29) is 62.9 Å². The third kappa shape index (κ3) is 7.53. The fourth-order valence-corrected chi connectivity index (χ4v) is 4.83. The van der Waals surface area contributed by atoms with Crippen LogP contribution in [-0.4, -0.2) is 89.6 Å². The van der Waals surface area contributed by atoms with E-state index < -0.39 is 41.5 Å². The maximum Gasteiger partial charge on any atom is 0.410 e. The van der Waals surface area contributed by atoms with Crippen LogP contribution in [0, 0.1) is 5.82 Å². The van der Waals surface area contributed by atoms with Crippen LogP contribution >= 0.6 is 0 Å². The normalized spacial score (nSPS) is 20.2. The van der Waals surface area contributed by atoms with Gasteiger partial charge in [0.05, 0.1) is 11.6 Å². The largest absolute Gasteiger partial charge is 0.491 e. The van der Waals surface area contributed by atoms with Crippen molar-refractivity contribution in [1.29, 1.82) is 0 Å². The van der Waals surface area contributed by atoms with Gasteiger partial charge in [0.1, 0.15) is 36.4 Å². The fourth-order valence-electron chi connectivity index (χ4n) is 4.83. The van der Waals surface area contributed by atoms with Crippen LogP contribution < -0.4 is 4.74 Å². The minimum Gasteiger partial charge on any atom is -0.491 e. The molecule has 0 unspecified atom stereocenters. The number of piperazine rings is 1. The van der Waals surface area contributed by atoms with Gasteiger partial charge < -0.3 is 28.9 Å². The molecule has 0 aliphatic carbocycles. The predicted octanol–water partition coefficient (Wildman–Crippen LogP) is 3.63. The first-order valence-electron chi connectivity index (χ1n) is 13.6. The number of fused-ring (bicyclic) bond motifs is 2. The number of hydrogen-bond donors (Lipinski definition) is 0. The van der Waals surface area contributed by atoms with Crippen LogP contribution in [0.3, 0.4) is 0 Å². The molecule has 41 heavy (non-hydrogen) atoms. The monoisotopic (exact) mass is 569 g/mol. The Balaban J connectivity index is 1.60. The van der Waals surface area contributed by atoms with Crippen LogP contribution in [0.5, 0.6) is 5.75 Å². The van der Waals surface area contributed by atoms with Gasteiger partial charge in [0, 0.05) is 33.1 Å². The highest BCUT2D eigenvalue weighted by atomic mass is 19.1. The zero-order chi connectivity index (χ0) is 29.7. The number of halogens is 1. The SMILES string of the molecule is CN1C(=O)c2cc(F)ccc2OC[C@@H]2CN(C(=O)OC(C)(C)C)CCN2C(=O)CC[C@H]1C(=O)OCc1ccccc1. The summed E-state index contributed by atoms with van der Waals surface area (Å²) in [5.41, 5.74) is 0.0178. The summed E-state index contributed by atoms with van der Waals surface area (Å²) in [5, 5.41) is 0. The third-order valence-corrected chi connectivity index (χ3v) is 6.97. The van der Waals surface area contributed by atoms with Crippen molar-refractivity contribution in [1.82, 2.24) is 14.7 Å². The summed E-state index contributed by atoms with van der Waals surface area (Å²) < 4.78 is 31.3. The quantitative estimate of drug-likeness (QED) is 0.520. The lowest BCUT2D eigenvalue weighted by Gasteiger charge is -2.42. The van der Waals surface area contributed by atoms with Crippen molar-refractivity contribution in [3.8, 4) is 5.75 Å². The van der Waals surface area contributed by atoms with Crippen LogP contribution in [0.1, 0.15) is 49.5 Å². The standard InChI is InChI=1S/C30H36FN3O7/c1-30(2,3)41-29(38)33-14-15-34-22(17-33)19-39-25-12-10-21(31)16-23(25)27(36)32(4)24(11-13-26(34)35)28(37)40-18-20-8-6-5-7-9-20/h5-10,12,16,22,24H,11,13-15,17-19H2,1-4H3/t22-,24-/m0/s1. The van der Waals surface area contributed by atoms with Crippen molar-refractivity contribution in [3.63, 3.8) is 0 Å². The Morgan fingerprint density at radius 3 is 2.51 bits per heavy atom. The summed E-state index contributed by atoms with van der Waals surface area (Å²) in [6, 6.07) is 11.0. The van der Waals surface area contributed by atoms with Crippen LogP contribution in [-0.2, 0) is 25.7 Å². The zero-order valence-corrected chi connectivity index (χ0v) is 23.8. The van der Waals surface area contributed by atoms with Crippen LogP contribution in [0.25, 0.3) is 0 Å². The molecule has 2 aliphatic rings. The first-order valence-corrected chi connectivity index (χ1v) is 13.6. The van der Waals surface area contributed by atoms with E-state index in [9.17, 15) is 23.6 Å². The molecule has 11 heteroatoms. The fraction of sp³-hybridized carbons (Fsp3) is 0.467. The molecule has 10 nitrogen and oxygen atoms in total. The maximum atomic E-state index is 14.3. The second-order valence-electron chi connectivity index (χ2n) is 11.2. The molecule has 0 bridgehead atoms. The van der Waals surface area contributed by atoms with Crippen LogP contribution in [0.2, 0.25) is 0 Å². The molecule has 0 aromatic heterocycles. The molecule has 2 aliphatic heterocycles. The van der Waals surface area contributed by atoms with E-state index in [1.807, 2.05) is 18.2 Å². The summed E-state index contributed by atoms with van der Waals surface area (Å²) >= 11 is 0. The minimum absolute atomic E-state index is 0.000791. The van der Waals surface area contributed by atoms with E-state index in [0.717, 1.165) is 11.6 Å². The molecule has 1 saturated heterocycles. The summed E-state index contributed by atoms with van der Waals surface area (Å²) in [7, 11) is 1.42.